The molecule has 0 fully saturated rings. The van der Waals surface area contributed by atoms with Crippen molar-refractivity contribution in [3.8, 4) is 11.4 Å². The van der Waals surface area contributed by atoms with Crippen LogP contribution in [0, 0.1) is 5.82 Å². The van der Waals surface area contributed by atoms with Crippen molar-refractivity contribution in [2.75, 3.05) is 5.32 Å². The van der Waals surface area contributed by atoms with E-state index in [1.807, 2.05) is 30.3 Å². The summed E-state index contributed by atoms with van der Waals surface area (Å²) in [4.78, 5) is 25.0. The van der Waals surface area contributed by atoms with E-state index in [4.69, 9.17) is 0 Å². The molecule has 0 bridgehead atoms. The summed E-state index contributed by atoms with van der Waals surface area (Å²) in [6.07, 6.45) is 0. The van der Waals surface area contributed by atoms with Gasteiger partial charge in [0, 0.05) is 18.3 Å². The molecule has 4 aromatic rings. The van der Waals surface area contributed by atoms with Crippen LogP contribution >= 0.6 is 11.8 Å². The molecule has 8 heteroatoms. The van der Waals surface area contributed by atoms with E-state index in [0.717, 1.165) is 5.56 Å². The van der Waals surface area contributed by atoms with Crippen LogP contribution < -0.4 is 5.32 Å². The third kappa shape index (κ3) is 5.01. The number of hydrogen-bond acceptors (Lipinski definition) is 5. The summed E-state index contributed by atoms with van der Waals surface area (Å²) in [5.41, 5.74) is 2.15. The summed E-state index contributed by atoms with van der Waals surface area (Å²) in [6, 6.07) is 22.4. The number of thioether (sulfide) groups is 1. The van der Waals surface area contributed by atoms with E-state index in [1.165, 1.54) is 24.8 Å². The SMILES string of the molecule is CC(=O)c1cccc(NC(=O)C(Sc2nnc(-c3ccccc3F)n2C)c2ccccc2)c1. The van der Waals surface area contributed by atoms with Gasteiger partial charge >= 0.3 is 0 Å². The Labute approximate surface area is 194 Å². The lowest BCUT2D eigenvalue weighted by atomic mass is 10.1. The van der Waals surface area contributed by atoms with Crippen LogP contribution in [0.25, 0.3) is 11.4 Å². The van der Waals surface area contributed by atoms with Crippen LogP contribution in [0.15, 0.2) is 84.0 Å². The Morgan fingerprint density at radius 1 is 0.970 bits per heavy atom. The highest BCUT2D eigenvalue weighted by atomic mass is 32.2. The Morgan fingerprint density at radius 2 is 1.70 bits per heavy atom. The van der Waals surface area contributed by atoms with Crippen molar-refractivity contribution < 1.29 is 14.0 Å². The van der Waals surface area contributed by atoms with Gasteiger partial charge in [-0.1, -0.05) is 66.4 Å². The first kappa shape index (κ1) is 22.4. The van der Waals surface area contributed by atoms with Crippen LogP contribution in [0.3, 0.4) is 0 Å². The fourth-order valence-electron chi connectivity index (χ4n) is 3.32. The van der Waals surface area contributed by atoms with E-state index >= 15 is 0 Å². The lowest BCUT2D eigenvalue weighted by Gasteiger charge is -2.17. The van der Waals surface area contributed by atoms with Crippen molar-refractivity contribution in [3.05, 3.63) is 95.8 Å². The standard InChI is InChI=1S/C25H21FN4O2S/c1-16(31)18-11-8-12-19(15-18)27-24(32)22(17-9-4-3-5-10-17)33-25-29-28-23(30(25)2)20-13-6-7-14-21(20)26/h3-15,22H,1-2H3,(H,27,32). The molecule has 1 unspecified atom stereocenters. The number of hydrogen-bond donors (Lipinski definition) is 1. The van der Waals surface area contributed by atoms with Gasteiger partial charge in [-0.05, 0) is 36.8 Å². The van der Waals surface area contributed by atoms with Gasteiger partial charge in [-0.15, -0.1) is 10.2 Å². The van der Waals surface area contributed by atoms with Crippen molar-refractivity contribution in [3.63, 3.8) is 0 Å². The van der Waals surface area contributed by atoms with E-state index in [0.29, 0.717) is 27.8 Å². The van der Waals surface area contributed by atoms with Crippen molar-refractivity contribution in [1.82, 2.24) is 14.8 Å². The molecule has 33 heavy (non-hydrogen) atoms. The van der Waals surface area contributed by atoms with Gasteiger partial charge in [-0.25, -0.2) is 4.39 Å². The van der Waals surface area contributed by atoms with E-state index in [-0.39, 0.29) is 11.7 Å². The molecular weight excluding hydrogens is 439 g/mol. The number of ketones is 1. The molecule has 0 radical (unpaired) electrons. The van der Waals surface area contributed by atoms with Gasteiger partial charge in [-0.3, -0.25) is 9.59 Å². The minimum atomic E-state index is -0.649. The molecule has 1 atom stereocenters. The first-order chi connectivity index (χ1) is 15.9. The number of carbonyl (C=O) groups excluding carboxylic acids is 2. The van der Waals surface area contributed by atoms with Crippen molar-refractivity contribution in [2.24, 2.45) is 7.05 Å². The fourth-order valence-corrected chi connectivity index (χ4v) is 4.33. The maximum Gasteiger partial charge on any atom is 0.242 e. The van der Waals surface area contributed by atoms with E-state index in [1.54, 1.807) is 54.1 Å². The molecule has 4 rings (SSSR count). The molecule has 0 saturated heterocycles. The molecule has 3 aromatic carbocycles. The summed E-state index contributed by atoms with van der Waals surface area (Å²) in [6.45, 7) is 1.48. The molecule has 1 amide bonds. The number of benzene rings is 3. The number of Topliss-reactive ketones (excluding diaryl/α,β-unsaturated/α-hetero) is 1. The molecule has 0 aliphatic carbocycles. The molecule has 1 heterocycles. The fraction of sp³-hybridized carbons (Fsp3) is 0.120. The van der Waals surface area contributed by atoms with Crippen LogP contribution in [-0.4, -0.2) is 26.5 Å². The van der Waals surface area contributed by atoms with Crippen molar-refractivity contribution in [1.29, 1.82) is 0 Å². The Kier molecular flexibility index (Phi) is 6.65. The molecular formula is C25H21FN4O2S. The number of anilines is 1. The zero-order chi connectivity index (χ0) is 23.4. The number of halogens is 1. The molecule has 1 N–H and O–H groups in total. The monoisotopic (exact) mass is 460 g/mol. The minimum absolute atomic E-state index is 0.0835. The van der Waals surface area contributed by atoms with Crippen LogP contribution in [0.2, 0.25) is 0 Å². The van der Waals surface area contributed by atoms with E-state index in [9.17, 15) is 14.0 Å². The number of aromatic nitrogens is 3. The predicted octanol–water partition coefficient (Wildman–Crippen LogP) is 5.30. The Bertz CT molecular complexity index is 1310. The second kappa shape index (κ2) is 9.79. The lowest BCUT2D eigenvalue weighted by Crippen LogP contribution is -2.19. The first-order valence-electron chi connectivity index (χ1n) is 10.2. The zero-order valence-electron chi connectivity index (χ0n) is 18.0. The van der Waals surface area contributed by atoms with Crippen LogP contribution in [0.1, 0.15) is 28.1 Å². The summed E-state index contributed by atoms with van der Waals surface area (Å²) in [5, 5.41) is 11.1. The third-order valence-corrected chi connectivity index (χ3v) is 6.34. The van der Waals surface area contributed by atoms with Gasteiger partial charge in [-0.2, -0.15) is 0 Å². The second-order valence-corrected chi connectivity index (χ2v) is 8.45. The van der Waals surface area contributed by atoms with Gasteiger partial charge < -0.3 is 9.88 Å². The van der Waals surface area contributed by atoms with Gasteiger partial charge in [0.05, 0.1) is 5.56 Å². The number of amides is 1. The van der Waals surface area contributed by atoms with Gasteiger partial charge in [0.15, 0.2) is 16.8 Å². The number of rotatable bonds is 7. The number of nitrogens with zero attached hydrogens (tertiary/aromatic N) is 3. The summed E-state index contributed by atoms with van der Waals surface area (Å²) in [7, 11) is 1.74. The van der Waals surface area contributed by atoms with Crippen molar-refractivity contribution >= 4 is 29.1 Å². The molecule has 0 aliphatic rings. The summed E-state index contributed by atoms with van der Waals surface area (Å²) in [5.74, 6) is -0.383. The Balaban J connectivity index is 1.64. The maximum absolute atomic E-state index is 14.3. The number of carbonyl (C=O) groups is 2. The second-order valence-electron chi connectivity index (χ2n) is 7.38. The van der Waals surface area contributed by atoms with Gasteiger partial charge in [0.2, 0.25) is 5.91 Å². The lowest BCUT2D eigenvalue weighted by molar-refractivity contribution is -0.115. The zero-order valence-corrected chi connectivity index (χ0v) is 18.8. The Morgan fingerprint density at radius 3 is 2.42 bits per heavy atom. The Hall–Kier alpha value is -3.78. The summed E-state index contributed by atoms with van der Waals surface area (Å²) >= 11 is 1.22. The molecule has 1 aromatic heterocycles. The van der Waals surface area contributed by atoms with Crippen LogP contribution in [0.4, 0.5) is 10.1 Å². The summed E-state index contributed by atoms with van der Waals surface area (Å²) < 4.78 is 15.9. The smallest absolute Gasteiger partial charge is 0.242 e. The first-order valence-corrected chi connectivity index (χ1v) is 11.1. The van der Waals surface area contributed by atoms with Gasteiger partial charge in [0.1, 0.15) is 11.1 Å². The molecule has 0 aliphatic heterocycles. The van der Waals surface area contributed by atoms with Crippen molar-refractivity contribution in [2.45, 2.75) is 17.3 Å². The number of nitrogens with one attached hydrogen (secondary N) is 1. The van der Waals surface area contributed by atoms with Crippen LogP contribution in [0.5, 0.6) is 0 Å². The minimum Gasteiger partial charge on any atom is -0.325 e. The maximum atomic E-state index is 14.3. The normalized spacial score (nSPS) is 11.7. The largest absolute Gasteiger partial charge is 0.325 e. The van der Waals surface area contributed by atoms with E-state index < -0.39 is 11.1 Å². The average molecular weight is 461 g/mol. The average Bonchev–Trinajstić information content (AvgIpc) is 3.18. The molecule has 0 saturated carbocycles. The predicted molar refractivity (Wildman–Crippen MR) is 127 cm³/mol. The molecule has 0 spiro atoms. The van der Waals surface area contributed by atoms with Gasteiger partial charge in [0.25, 0.3) is 0 Å². The third-order valence-electron chi connectivity index (χ3n) is 5.05. The van der Waals surface area contributed by atoms with E-state index in [2.05, 4.69) is 15.5 Å². The topological polar surface area (TPSA) is 76.9 Å². The molecule has 6 nitrogen and oxygen atoms in total. The highest BCUT2D eigenvalue weighted by Crippen LogP contribution is 2.36. The van der Waals surface area contributed by atoms with Crippen LogP contribution in [-0.2, 0) is 11.8 Å². The highest BCUT2D eigenvalue weighted by Gasteiger charge is 2.26. The molecule has 166 valence electrons. The quantitative estimate of drug-likeness (QED) is 0.299. The highest BCUT2D eigenvalue weighted by molar-refractivity contribution is 8.00.